The topological polar surface area (TPSA) is 51.1 Å². The van der Waals surface area contributed by atoms with Gasteiger partial charge in [0.1, 0.15) is 6.34 Å². The van der Waals surface area contributed by atoms with Crippen LogP contribution in [-0.4, -0.2) is 37.7 Å². The van der Waals surface area contributed by atoms with Gasteiger partial charge in [-0.1, -0.05) is 18.2 Å². The van der Waals surface area contributed by atoms with Gasteiger partial charge in [0, 0.05) is 36.3 Å². The molecule has 1 saturated heterocycles. The average Bonchev–Trinajstić information content (AvgIpc) is 2.61. The monoisotopic (exact) mass is 374 g/mol. The first kappa shape index (κ1) is 15.8. The van der Waals surface area contributed by atoms with Gasteiger partial charge in [-0.15, -0.1) is 0 Å². The van der Waals surface area contributed by atoms with Gasteiger partial charge in [0.15, 0.2) is 0 Å². The Bertz CT molecular complexity index is 670. The molecule has 0 spiro atoms. The summed E-state index contributed by atoms with van der Waals surface area (Å²) < 4.78 is 1.01. The van der Waals surface area contributed by atoms with Crippen LogP contribution >= 0.6 is 15.9 Å². The molecular formula is C17H19BrN4O. The van der Waals surface area contributed by atoms with Gasteiger partial charge in [-0.3, -0.25) is 10.7 Å². The Balaban J connectivity index is 1.67. The highest BCUT2D eigenvalue weighted by atomic mass is 79.9. The van der Waals surface area contributed by atoms with E-state index in [0.717, 1.165) is 36.3 Å². The van der Waals surface area contributed by atoms with Crippen molar-refractivity contribution in [2.24, 2.45) is 4.99 Å². The van der Waals surface area contributed by atoms with Crippen molar-refractivity contribution in [2.45, 2.75) is 0 Å². The Morgan fingerprint density at radius 2 is 1.70 bits per heavy atom. The number of hydrogen-bond donors (Lipinski definition) is 2. The van der Waals surface area contributed by atoms with Crippen molar-refractivity contribution < 1.29 is 5.21 Å². The summed E-state index contributed by atoms with van der Waals surface area (Å²) in [6, 6.07) is 16.5. The molecule has 0 amide bonds. The second-order valence-electron chi connectivity index (χ2n) is 5.33. The predicted octanol–water partition coefficient (Wildman–Crippen LogP) is 3.41. The van der Waals surface area contributed by atoms with Crippen LogP contribution in [0.5, 0.6) is 0 Å². The fourth-order valence-corrected chi connectivity index (χ4v) is 3.40. The number of nitrogens with one attached hydrogen (secondary N) is 1. The molecule has 2 N–H and O–H groups in total. The first-order valence-corrected chi connectivity index (χ1v) is 8.34. The number of hydroxylamine groups is 1. The molecule has 6 heteroatoms. The normalized spacial score (nSPS) is 15.2. The molecule has 1 aliphatic heterocycles. The van der Waals surface area contributed by atoms with Crippen LogP contribution in [0.25, 0.3) is 0 Å². The Labute approximate surface area is 144 Å². The van der Waals surface area contributed by atoms with E-state index >= 15 is 0 Å². The Morgan fingerprint density at radius 3 is 2.35 bits per heavy atom. The third-order valence-corrected chi connectivity index (χ3v) is 4.58. The molecule has 0 radical (unpaired) electrons. The zero-order valence-electron chi connectivity index (χ0n) is 12.7. The van der Waals surface area contributed by atoms with Crippen molar-refractivity contribution >= 4 is 39.3 Å². The van der Waals surface area contributed by atoms with Crippen molar-refractivity contribution in [3.05, 3.63) is 53.0 Å². The molecule has 2 aromatic rings. The number of hydrogen-bond acceptors (Lipinski definition) is 4. The molecule has 0 aliphatic carbocycles. The first-order chi connectivity index (χ1) is 11.3. The molecule has 5 nitrogen and oxygen atoms in total. The smallest absolute Gasteiger partial charge is 0.113 e. The average molecular weight is 375 g/mol. The maximum Gasteiger partial charge on any atom is 0.113 e. The minimum atomic E-state index is 0.782. The van der Waals surface area contributed by atoms with Crippen LogP contribution < -0.4 is 15.3 Å². The summed E-state index contributed by atoms with van der Waals surface area (Å²) in [5.74, 6) is 0. The summed E-state index contributed by atoms with van der Waals surface area (Å²) in [7, 11) is 0. The first-order valence-electron chi connectivity index (χ1n) is 7.54. The van der Waals surface area contributed by atoms with E-state index in [1.54, 1.807) is 0 Å². The van der Waals surface area contributed by atoms with Crippen molar-refractivity contribution in [3.8, 4) is 0 Å². The summed E-state index contributed by atoms with van der Waals surface area (Å²) >= 11 is 3.62. The standard InChI is InChI=1S/C17H19BrN4O/c18-16-12-14(19-13-20-23)6-7-17(16)22-10-8-21(9-11-22)15-4-2-1-3-5-15/h1-7,12-13,23H,8-11H2,(H,19,20). The number of para-hydroxylation sites is 1. The lowest BCUT2D eigenvalue weighted by atomic mass is 10.2. The van der Waals surface area contributed by atoms with Gasteiger partial charge in [0.05, 0.1) is 11.4 Å². The number of aliphatic imine (C=N–C) groups is 1. The Morgan fingerprint density at radius 1 is 1.00 bits per heavy atom. The van der Waals surface area contributed by atoms with E-state index in [4.69, 9.17) is 5.21 Å². The van der Waals surface area contributed by atoms with Crippen LogP contribution in [0.3, 0.4) is 0 Å². The summed E-state index contributed by atoms with van der Waals surface area (Å²) in [5.41, 5.74) is 5.15. The maximum absolute atomic E-state index is 8.55. The van der Waals surface area contributed by atoms with Crippen LogP contribution in [0.15, 0.2) is 58.0 Å². The van der Waals surface area contributed by atoms with Crippen LogP contribution in [0.2, 0.25) is 0 Å². The molecule has 1 fully saturated rings. The van der Waals surface area contributed by atoms with Crippen LogP contribution in [-0.2, 0) is 0 Å². The lowest BCUT2D eigenvalue weighted by Gasteiger charge is -2.37. The number of piperazine rings is 1. The van der Waals surface area contributed by atoms with Gasteiger partial charge in [0.2, 0.25) is 0 Å². The highest BCUT2D eigenvalue weighted by molar-refractivity contribution is 9.10. The lowest BCUT2D eigenvalue weighted by molar-refractivity contribution is 0.240. The zero-order chi connectivity index (χ0) is 16.1. The molecule has 3 rings (SSSR count). The Hall–Kier alpha value is -2.05. The van der Waals surface area contributed by atoms with Crippen molar-refractivity contribution in [2.75, 3.05) is 36.0 Å². The third kappa shape index (κ3) is 3.83. The molecule has 1 aliphatic rings. The van der Waals surface area contributed by atoms with Gasteiger partial charge < -0.3 is 9.80 Å². The number of rotatable bonds is 4. The van der Waals surface area contributed by atoms with E-state index in [-0.39, 0.29) is 0 Å². The second kappa shape index (κ2) is 7.48. The lowest BCUT2D eigenvalue weighted by Crippen LogP contribution is -2.46. The van der Waals surface area contributed by atoms with E-state index in [9.17, 15) is 0 Å². The fourth-order valence-electron chi connectivity index (χ4n) is 2.78. The third-order valence-electron chi connectivity index (χ3n) is 3.94. The van der Waals surface area contributed by atoms with Gasteiger partial charge in [0.25, 0.3) is 0 Å². The van der Waals surface area contributed by atoms with Crippen LogP contribution in [0.1, 0.15) is 0 Å². The van der Waals surface area contributed by atoms with Crippen LogP contribution in [0, 0.1) is 0 Å². The summed E-state index contributed by atoms with van der Waals surface area (Å²) in [5, 5.41) is 8.55. The van der Waals surface area contributed by atoms with Crippen molar-refractivity contribution in [1.82, 2.24) is 5.48 Å². The molecule has 0 bridgehead atoms. The van der Waals surface area contributed by atoms with Gasteiger partial charge in [-0.05, 0) is 46.3 Å². The van der Waals surface area contributed by atoms with Gasteiger partial charge >= 0.3 is 0 Å². The molecule has 23 heavy (non-hydrogen) atoms. The summed E-state index contributed by atoms with van der Waals surface area (Å²) in [4.78, 5) is 8.87. The van der Waals surface area contributed by atoms with Crippen molar-refractivity contribution in [3.63, 3.8) is 0 Å². The molecular weight excluding hydrogens is 356 g/mol. The highest BCUT2D eigenvalue weighted by Crippen LogP contribution is 2.31. The van der Waals surface area contributed by atoms with Gasteiger partial charge in [-0.25, -0.2) is 4.99 Å². The highest BCUT2D eigenvalue weighted by Gasteiger charge is 2.19. The van der Waals surface area contributed by atoms with E-state index in [1.165, 1.54) is 17.7 Å². The molecule has 1 heterocycles. The number of anilines is 2. The molecule has 120 valence electrons. The molecule has 0 aromatic heterocycles. The number of benzene rings is 2. The maximum atomic E-state index is 8.55. The number of halogens is 1. The summed E-state index contributed by atoms with van der Waals surface area (Å²) in [6.07, 6.45) is 1.25. The van der Waals surface area contributed by atoms with Gasteiger partial charge in [-0.2, -0.15) is 0 Å². The van der Waals surface area contributed by atoms with E-state index < -0.39 is 0 Å². The molecule has 0 unspecified atom stereocenters. The van der Waals surface area contributed by atoms with E-state index in [2.05, 4.69) is 61.1 Å². The molecule has 0 saturated carbocycles. The second-order valence-corrected chi connectivity index (χ2v) is 6.19. The SMILES string of the molecule is ONC=Nc1ccc(N2CCN(c3ccccc3)CC2)c(Br)c1. The van der Waals surface area contributed by atoms with E-state index in [0.29, 0.717) is 0 Å². The Kier molecular flexibility index (Phi) is 5.15. The van der Waals surface area contributed by atoms with E-state index in [1.807, 2.05) is 23.7 Å². The molecule has 0 atom stereocenters. The predicted molar refractivity (Wildman–Crippen MR) is 98.1 cm³/mol. The minimum Gasteiger partial charge on any atom is -0.368 e. The van der Waals surface area contributed by atoms with Crippen LogP contribution in [0.4, 0.5) is 17.1 Å². The number of nitrogens with zero attached hydrogens (tertiary/aromatic N) is 3. The summed E-state index contributed by atoms with van der Waals surface area (Å²) in [6.45, 7) is 3.97. The largest absolute Gasteiger partial charge is 0.368 e. The fraction of sp³-hybridized carbons (Fsp3) is 0.235. The minimum absolute atomic E-state index is 0.782. The molecule has 2 aromatic carbocycles. The zero-order valence-corrected chi connectivity index (χ0v) is 14.3. The quantitative estimate of drug-likeness (QED) is 0.489. The van der Waals surface area contributed by atoms with Crippen molar-refractivity contribution in [1.29, 1.82) is 0 Å².